The van der Waals surface area contributed by atoms with Gasteiger partial charge in [-0.25, -0.2) is 0 Å². The monoisotopic (exact) mass is 534 g/mol. The highest BCUT2D eigenvalue weighted by Gasteiger charge is 2.18. The van der Waals surface area contributed by atoms with Crippen molar-refractivity contribution in [2.45, 2.75) is 0 Å². The first-order valence-electron chi connectivity index (χ1n) is 14.5. The van der Waals surface area contributed by atoms with Crippen LogP contribution in [-0.2, 0) is 0 Å². The van der Waals surface area contributed by atoms with Crippen LogP contribution in [0.25, 0.3) is 76.9 Å². The highest BCUT2D eigenvalue weighted by molar-refractivity contribution is 6.17. The van der Waals surface area contributed by atoms with Gasteiger partial charge in [0, 0.05) is 32.9 Å². The van der Waals surface area contributed by atoms with E-state index in [0.29, 0.717) is 0 Å². The van der Waals surface area contributed by atoms with Crippen LogP contribution in [0.4, 0.5) is 0 Å². The fourth-order valence-corrected chi connectivity index (χ4v) is 6.85. The second-order valence-corrected chi connectivity index (χ2v) is 11.0. The molecule has 2 nitrogen and oxygen atoms in total. The Balaban J connectivity index is 1.35. The Hall–Kier alpha value is -5.60. The third-order valence-electron chi connectivity index (χ3n) is 8.69. The maximum absolute atomic E-state index is 2.42. The van der Waals surface area contributed by atoms with Gasteiger partial charge in [0.05, 0.1) is 22.1 Å². The Morgan fingerprint density at radius 1 is 0.333 bits per heavy atom. The molecule has 7 aromatic carbocycles. The second-order valence-electron chi connectivity index (χ2n) is 11.0. The predicted octanol–water partition coefficient (Wildman–Crippen LogP) is 10.7. The van der Waals surface area contributed by atoms with Gasteiger partial charge >= 0.3 is 0 Å². The van der Waals surface area contributed by atoms with Crippen molar-refractivity contribution in [2.24, 2.45) is 0 Å². The van der Waals surface area contributed by atoms with Crippen LogP contribution in [0.5, 0.6) is 0 Å². The highest BCUT2D eigenvalue weighted by Crippen LogP contribution is 2.41. The van der Waals surface area contributed by atoms with E-state index in [0.717, 1.165) is 0 Å². The lowest BCUT2D eigenvalue weighted by Gasteiger charge is -2.11. The number of hydrogen-bond donors (Lipinski definition) is 0. The molecule has 0 unspecified atom stereocenters. The number of hydrogen-bond acceptors (Lipinski definition) is 0. The van der Waals surface area contributed by atoms with E-state index in [1.54, 1.807) is 0 Å². The van der Waals surface area contributed by atoms with Crippen molar-refractivity contribution in [3.8, 4) is 22.5 Å². The van der Waals surface area contributed by atoms with E-state index in [1.807, 2.05) is 0 Å². The van der Waals surface area contributed by atoms with Crippen LogP contribution >= 0.6 is 0 Å². The van der Waals surface area contributed by atoms with Gasteiger partial charge in [0.2, 0.25) is 0 Å². The maximum Gasteiger partial charge on any atom is 0.0547 e. The standard InChI is InChI=1S/C40H26N2/c1-2-13-30(14-3-1)41-37-19-9-7-16-35(37)40-32(17-10-20-38(40)41)29-22-24-34-33-15-6-8-18-36(33)42(39(34)26-29)31-23-21-27-11-4-5-12-28(27)25-31/h1-26H. The van der Waals surface area contributed by atoms with Crippen molar-refractivity contribution in [3.05, 3.63) is 158 Å². The minimum absolute atomic E-state index is 1.17. The molecule has 2 heteroatoms. The van der Waals surface area contributed by atoms with Gasteiger partial charge in [-0.1, -0.05) is 109 Å². The number of nitrogens with zero attached hydrogens (tertiary/aromatic N) is 2. The van der Waals surface area contributed by atoms with Gasteiger partial charge < -0.3 is 9.13 Å². The molecule has 0 spiro atoms. The lowest BCUT2D eigenvalue weighted by Crippen LogP contribution is -1.94. The minimum Gasteiger partial charge on any atom is -0.309 e. The Morgan fingerprint density at radius 3 is 1.83 bits per heavy atom. The molecule has 9 rings (SSSR count). The molecule has 0 saturated carbocycles. The first-order chi connectivity index (χ1) is 20.8. The number of rotatable bonds is 3. The van der Waals surface area contributed by atoms with Crippen LogP contribution < -0.4 is 0 Å². The van der Waals surface area contributed by atoms with E-state index in [-0.39, 0.29) is 0 Å². The molecule has 2 aromatic heterocycles. The number of aromatic nitrogens is 2. The van der Waals surface area contributed by atoms with Crippen LogP contribution in [-0.4, -0.2) is 9.13 Å². The van der Waals surface area contributed by atoms with Crippen LogP contribution in [0.3, 0.4) is 0 Å². The quantitative estimate of drug-likeness (QED) is 0.213. The molecule has 0 bridgehead atoms. The van der Waals surface area contributed by atoms with E-state index in [2.05, 4.69) is 167 Å². The Labute approximate surface area is 243 Å². The molecule has 0 atom stereocenters. The van der Waals surface area contributed by atoms with Gasteiger partial charge in [-0.15, -0.1) is 0 Å². The van der Waals surface area contributed by atoms with E-state index in [1.165, 1.54) is 76.9 Å². The lowest BCUT2D eigenvalue weighted by molar-refractivity contribution is 1.18. The first kappa shape index (κ1) is 23.1. The summed E-state index contributed by atoms with van der Waals surface area (Å²) in [6.45, 7) is 0. The zero-order chi connectivity index (χ0) is 27.6. The molecule has 0 radical (unpaired) electrons. The summed E-state index contributed by atoms with van der Waals surface area (Å²) >= 11 is 0. The van der Waals surface area contributed by atoms with Crippen LogP contribution in [0.15, 0.2) is 158 Å². The fraction of sp³-hybridized carbons (Fsp3) is 0. The lowest BCUT2D eigenvalue weighted by atomic mass is 9.98. The molecule has 42 heavy (non-hydrogen) atoms. The maximum atomic E-state index is 2.42. The smallest absolute Gasteiger partial charge is 0.0547 e. The normalized spacial score (nSPS) is 11.8. The minimum atomic E-state index is 1.17. The molecule has 0 saturated heterocycles. The third kappa shape index (κ3) is 3.33. The van der Waals surface area contributed by atoms with Crippen LogP contribution in [0.2, 0.25) is 0 Å². The zero-order valence-corrected chi connectivity index (χ0v) is 22.9. The van der Waals surface area contributed by atoms with Crippen LogP contribution in [0, 0.1) is 0 Å². The van der Waals surface area contributed by atoms with Gasteiger partial charge in [-0.2, -0.15) is 0 Å². The molecule has 0 amide bonds. The summed E-state index contributed by atoms with van der Waals surface area (Å²) in [5.74, 6) is 0. The average molecular weight is 535 g/mol. The highest BCUT2D eigenvalue weighted by atomic mass is 15.0. The molecule has 0 aliphatic heterocycles. The Bertz CT molecular complexity index is 2460. The topological polar surface area (TPSA) is 9.86 Å². The zero-order valence-electron chi connectivity index (χ0n) is 22.9. The summed E-state index contributed by atoms with van der Waals surface area (Å²) in [5, 5.41) is 7.58. The van der Waals surface area contributed by atoms with E-state index >= 15 is 0 Å². The fourth-order valence-electron chi connectivity index (χ4n) is 6.85. The molecule has 0 fully saturated rings. The van der Waals surface area contributed by atoms with E-state index < -0.39 is 0 Å². The first-order valence-corrected chi connectivity index (χ1v) is 14.5. The Morgan fingerprint density at radius 2 is 0.976 bits per heavy atom. The van der Waals surface area contributed by atoms with Crippen molar-refractivity contribution in [1.29, 1.82) is 0 Å². The molecule has 0 aliphatic carbocycles. The summed E-state index contributed by atoms with van der Waals surface area (Å²) in [7, 11) is 0. The summed E-state index contributed by atoms with van der Waals surface area (Å²) in [6, 6.07) is 57.3. The molecule has 2 heterocycles. The second kappa shape index (κ2) is 8.95. The largest absolute Gasteiger partial charge is 0.309 e. The SMILES string of the molecule is c1ccc(-n2c3ccccc3c3c(-c4ccc5c6ccccc6n(-c6ccc7ccccc7c6)c5c4)cccc32)cc1. The average Bonchev–Trinajstić information content (AvgIpc) is 3.57. The molecular weight excluding hydrogens is 508 g/mol. The number of benzene rings is 7. The van der Waals surface area contributed by atoms with Crippen LogP contribution in [0.1, 0.15) is 0 Å². The predicted molar refractivity (Wildman–Crippen MR) is 178 cm³/mol. The van der Waals surface area contributed by atoms with Gasteiger partial charge in [-0.05, 0) is 70.4 Å². The van der Waals surface area contributed by atoms with Crippen molar-refractivity contribution in [2.75, 3.05) is 0 Å². The molecule has 9 aromatic rings. The van der Waals surface area contributed by atoms with Crippen molar-refractivity contribution in [1.82, 2.24) is 9.13 Å². The molecule has 0 N–H and O–H groups in total. The van der Waals surface area contributed by atoms with Gasteiger partial charge in [0.25, 0.3) is 0 Å². The number of para-hydroxylation sites is 3. The van der Waals surface area contributed by atoms with Crippen molar-refractivity contribution >= 4 is 54.4 Å². The summed E-state index contributed by atoms with van der Waals surface area (Å²) in [5.41, 5.74) is 9.69. The summed E-state index contributed by atoms with van der Waals surface area (Å²) < 4.78 is 4.81. The van der Waals surface area contributed by atoms with Crippen molar-refractivity contribution in [3.63, 3.8) is 0 Å². The Kier molecular flexibility index (Phi) is 4.93. The molecule has 196 valence electrons. The molecular formula is C40H26N2. The number of fused-ring (bicyclic) bond motifs is 7. The molecule has 0 aliphatic rings. The third-order valence-corrected chi connectivity index (χ3v) is 8.69. The van der Waals surface area contributed by atoms with E-state index in [9.17, 15) is 0 Å². The summed E-state index contributed by atoms with van der Waals surface area (Å²) in [6.07, 6.45) is 0. The summed E-state index contributed by atoms with van der Waals surface area (Å²) in [4.78, 5) is 0. The van der Waals surface area contributed by atoms with Gasteiger partial charge in [-0.3, -0.25) is 0 Å². The van der Waals surface area contributed by atoms with Gasteiger partial charge in [0.15, 0.2) is 0 Å². The van der Waals surface area contributed by atoms with E-state index in [4.69, 9.17) is 0 Å². The van der Waals surface area contributed by atoms with Crippen molar-refractivity contribution < 1.29 is 0 Å². The van der Waals surface area contributed by atoms with Gasteiger partial charge in [0.1, 0.15) is 0 Å².